The van der Waals surface area contributed by atoms with Gasteiger partial charge in [0.2, 0.25) is 0 Å². The van der Waals surface area contributed by atoms with Crippen LogP contribution in [0.1, 0.15) is 36.1 Å². The number of hydrogen-bond acceptors (Lipinski definition) is 4. The van der Waals surface area contributed by atoms with E-state index in [0.717, 1.165) is 16.7 Å². The van der Waals surface area contributed by atoms with Crippen LogP contribution in [0.25, 0.3) is 11.1 Å². The molecule has 0 spiro atoms. The van der Waals surface area contributed by atoms with Crippen molar-refractivity contribution in [2.45, 2.75) is 26.2 Å². The molecule has 0 amide bonds. The largest absolute Gasteiger partial charge is 0.459 e. The van der Waals surface area contributed by atoms with E-state index in [0.29, 0.717) is 18.8 Å². The van der Waals surface area contributed by atoms with E-state index in [2.05, 4.69) is 0 Å². The Bertz CT molecular complexity index is 670. The van der Waals surface area contributed by atoms with Crippen LogP contribution >= 0.6 is 0 Å². The quantitative estimate of drug-likeness (QED) is 0.802. The number of hydrogen-bond donors (Lipinski definition) is 0. The fraction of sp³-hybridized carbons (Fsp3) is 0.316. The maximum Gasteiger partial charge on any atom is 0.339 e. The lowest BCUT2D eigenvalue weighted by Gasteiger charge is -2.13. The summed E-state index contributed by atoms with van der Waals surface area (Å²) in [6.07, 6.45) is -0.431. The molecule has 1 aliphatic rings. The van der Waals surface area contributed by atoms with Crippen molar-refractivity contribution >= 4 is 5.97 Å². The van der Waals surface area contributed by atoms with Crippen molar-refractivity contribution in [1.82, 2.24) is 0 Å². The van der Waals surface area contributed by atoms with Gasteiger partial charge < -0.3 is 14.2 Å². The Morgan fingerprint density at radius 3 is 2.35 bits per heavy atom. The molecule has 1 fully saturated rings. The van der Waals surface area contributed by atoms with Gasteiger partial charge in [0.25, 0.3) is 0 Å². The zero-order valence-electron chi connectivity index (χ0n) is 13.3. The van der Waals surface area contributed by atoms with Gasteiger partial charge in [-0.2, -0.15) is 0 Å². The van der Waals surface area contributed by atoms with Gasteiger partial charge in [-0.25, -0.2) is 4.79 Å². The van der Waals surface area contributed by atoms with Crippen molar-refractivity contribution in [3.63, 3.8) is 0 Å². The van der Waals surface area contributed by atoms with Crippen LogP contribution in [0.4, 0.5) is 0 Å². The van der Waals surface area contributed by atoms with Crippen molar-refractivity contribution < 1.29 is 19.0 Å². The Morgan fingerprint density at radius 2 is 1.70 bits per heavy atom. The molecule has 0 unspecified atom stereocenters. The van der Waals surface area contributed by atoms with E-state index in [-0.39, 0.29) is 18.4 Å². The van der Waals surface area contributed by atoms with Gasteiger partial charge in [0.1, 0.15) is 0 Å². The summed E-state index contributed by atoms with van der Waals surface area (Å²) in [6, 6.07) is 15.4. The molecule has 3 rings (SSSR count). The first-order valence-electron chi connectivity index (χ1n) is 7.78. The molecule has 23 heavy (non-hydrogen) atoms. The normalized spacial score (nSPS) is 15.1. The summed E-state index contributed by atoms with van der Waals surface area (Å²) in [4.78, 5) is 12.3. The average molecular weight is 312 g/mol. The van der Waals surface area contributed by atoms with Crippen LogP contribution in [-0.4, -0.2) is 25.3 Å². The van der Waals surface area contributed by atoms with E-state index in [1.54, 1.807) is 6.07 Å². The molecule has 1 heterocycles. The third-order valence-electron chi connectivity index (χ3n) is 3.61. The number of ether oxygens (including phenoxy) is 3. The second-order valence-electron chi connectivity index (χ2n) is 5.70. The first-order valence-corrected chi connectivity index (χ1v) is 7.78. The first kappa shape index (κ1) is 15.7. The molecule has 4 heteroatoms. The molecule has 0 aliphatic carbocycles. The SMILES string of the molecule is CC(C)OC(=O)c1ccccc1-c1ccc(C2OCCO2)cc1. The monoisotopic (exact) mass is 312 g/mol. The highest BCUT2D eigenvalue weighted by molar-refractivity contribution is 5.97. The standard InChI is InChI=1S/C19H20O4/c1-13(2)23-18(20)17-6-4-3-5-16(17)14-7-9-15(10-8-14)19-21-11-12-22-19/h3-10,13,19H,11-12H2,1-2H3. The molecule has 0 N–H and O–H groups in total. The fourth-order valence-electron chi connectivity index (χ4n) is 2.56. The Labute approximate surface area is 136 Å². The zero-order chi connectivity index (χ0) is 16.2. The fourth-order valence-corrected chi connectivity index (χ4v) is 2.56. The zero-order valence-corrected chi connectivity index (χ0v) is 13.3. The van der Waals surface area contributed by atoms with Crippen LogP contribution in [0.2, 0.25) is 0 Å². The molecule has 0 radical (unpaired) electrons. The summed E-state index contributed by atoms with van der Waals surface area (Å²) >= 11 is 0. The highest BCUT2D eigenvalue weighted by atomic mass is 16.7. The highest BCUT2D eigenvalue weighted by Crippen LogP contribution is 2.28. The number of rotatable bonds is 4. The van der Waals surface area contributed by atoms with Crippen LogP contribution < -0.4 is 0 Å². The van der Waals surface area contributed by atoms with E-state index < -0.39 is 0 Å². The number of carbonyl (C=O) groups is 1. The Morgan fingerprint density at radius 1 is 1.04 bits per heavy atom. The van der Waals surface area contributed by atoms with Crippen molar-refractivity contribution in [3.05, 3.63) is 59.7 Å². The van der Waals surface area contributed by atoms with Crippen LogP contribution in [0.3, 0.4) is 0 Å². The molecule has 4 nitrogen and oxygen atoms in total. The predicted molar refractivity (Wildman–Crippen MR) is 87.1 cm³/mol. The molecule has 2 aromatic rings. The van der Waals surface area contributed by atoms with Gasteiger partial charge in [-0.1, -0.05) is 42.5 Å². The molecular weight excluding hydrogens is 292 g/mol. The summed E-state index contributed by atoms with van der Waals surface area (Å²) in [7, 11) is 0. The van der Waals surface area contributed by atoms with E-state index >= 15 is 0 Å². The second kappa shape index (κ2) is 6.94. The summed E-state index contributed by atoms with van der Waals surface area (Å²) < 4.78 is 16.3. The number of benzene rings is 2. The molecule has 2 aromatic carbocycles. The Balaban J connectivity index is 1.88. The molecule has 0 atom stereocenters. The van der Waals surface area contributed by atoms with E-state index in [1.165, 1.54) is 0 Å². The number of esters is 1. The lowest BCUT2D eigenvalue weighted by molar-refractivity contribution is -0.0441. The van der Waals surface area contributed by atoms with Crippen LogP contribution in [-0.2, 0) is 14.2 Å². The Kier molecular flexibility index (Phi) is 4.74. The van der Waals surface area contributed by atoms with Crippen molar-refractivity contribution in [1.29, 1.82) is 0 Å². The lowest BCUT2D eigenvalue weighted by atomic mass is 9.98. The van der Waals surface area contributed by atoms with E-state index in [9.17, 15) is 4.79 Å². The van der Waals surface area contributed by atoms with Gasteiger partial charge in [0.15, 0.2) is 6.29 Å². The molecule has 1 saturated heterocycles. The van der Waals surface area contributed by atoms with Gasteiger partial charge in [-0.15, -0.1) is 0 Å². The minimum absolute atomic E-state index is 0.144. The van der Waals surface area contributed by atoms with Crippen molar-refractivity contribution in [3.8, 4) is 11.1 Å². The minimum atomic E-state index is -0.304. The smallest absolute Gasteiger partial charge is 0.339 e. The molecule has 0 saturated carbocycles. The highest BCUT2D eigenvalue weighted by Gasteiger charge is 2.19. The third kappa shape index (κ3) is 3.60. The second-order valence-corrected chi connectivity index (χ2v) is 5.70. The first-order chi connectivity index (χ1) is 11.1. The third-order valence-corrected chi connectivity index (χ3v) is 3.61. The van der Waals surface area contributed by atoms with Crippen LogP contribution in [0, 0.1) is 0 Å². The van der Waals surface area contributed by atoms with Crippen LogP contribution in [0.15, 0.2) is 48.5 Å². The van der Waals surface area contributed by atoms with Crippen LogP contribution in [0.5, 0.6) is 0 Å². The van der Waals surface area contributed by atoms with E-state index in [4.69, 9.17) is 14.2 Å². The van der Waals surface area contributed by atoms with Gasteiger partial charge >= 0.3 is 5.97 Å². The van der Waals surface area contributed by atoms with Crippen molar-refractivity contribution in [2.24, 2.45) is 0 Å². The van der Waals surface area contributed by atoms with Gasteiger partial charge in [-0.3, -0.25) is 0 Å². The topological polar surface area (TPSA) is 44.8 Å². The average Bonchev–Trinajstić information content (AvgIpc) is 3.09. The molecular formula is C19H20O4. The molecule has 1 aliphatic heterocycles. The summed E-state index contributed by atoms with van der Waals surface area (Å²) in [5, 5.41) is 0. The Hall–Kier alpha value is -2.17. The minimum Gasteiger partial charge on any atom is -0.459 e. The molecule has 120 valence electrons. The predicted octanol–water partition coefficient (Wildman–Crippen LogP) is 3.96. The maximum absolute atomic E-state index is 12.3. The molecule has 0 aromatic heterocycles. The summed E-state index contributed by atoms with van der Waals surface area (Å²) in [5.41, 5.74) is 3.37. The summed E-state index contributed by atoms with van der Waals surface area (Å²) in [6.45, 7) is 4.93. The molecule has 0 bridgehead atoms. The van der Waals surface area contributed by atoms with Gasteiger partial charge in [-0.05, 0) is 31.0 Å². The van der Waals surface area contributed by atoms with Gasteiger partial charge in [0, 0.05) is 5.56 Å². The summed E-state index contributed by atoms with van der Waals surface area (Å²) in [5.74, 6) is -0.304. The lowest BCUT2D eigenvalue weighted by Crippen LogP contribution is -2.12. The number of carbonyl (C=O) groups excluding carboxylic acids is 1. The maximum atomic E-state index is 12.3. The van der Waals surface area contributed by atoms with E-state index in [1.807, 2.05) is 56.3 Å². The van der Waals surface area contributed by atoms with Gasteiger partial charge in [0.05, 0.1) is 24.9 Å². The van der Waals surface area contributed by atoms with Crippen molar-refractivity contribution in [2.75, 3.05) is 13.2 Å².